The maximum atomic E-state index is 12.0. The molecule has 0 radical (unpaired) electrons. The Bertz CT molecular complexity index is 372. The van der Waals surface area contributed by atoms with Gasteiger partial charge in [0.15, 0.2) is 0 Å². The number of ether oxygens (including phenoxy) is 2. The van der Waals surface area contributed by atoms with Crippen LogP contribution in [-0.4, -0.2) is 73.2 Å². The van der Waals surface area contributed by atoms with Gasteiger partial charge < -0.3 is 15.4 Å². The molecular weight excluding hydrogens is 303 g/mol. The molecule has 0 spiro atoms. The fraction of sp³-hybridized carbons (Fsp3) is 0.923. The zero-order chi connectivity index (χ0) is 17.0. The maximum absolute atomic E-state index is 12.0. The highest BCUT2D eigenvalue weighted by atomic mass is 19.4. The average molecular weight is 327 g/mol. The number of hydrogen-bond donors (Lipinski definition) is 1. The molecule has 6 nitrogen and oxygen atoms in total. The van der Waals surface area contributed by atoms with Crippen LogP contribution in [0.2, 0.25) is 0 Å². The Hall–Kier alpha value is -1.06. The second-order valence-corrected chi connectivity index (χ2v) is 6.15. The van der Waals surface area contributed by atoms with E-state index in [1.807, 2.05) is 0 Å². The van der Waals surface area contributed by atoms with Crippen molar-refractivity contribution < 1.29 is 27.4 Å². The third-order valence-electron chi connectivity index (χ3n) is 3.17. The number of piperazine rings is 1. The molecule has 1 unspecified atom stereocenters. The van der Waals surface area contributed by atoms with Gasteiger partial charge in [-0.3, -0.25) is 9.64 Å². The van der Waals surface area contributed by atoms with E-state index in [1.165, 1.54) is 4.90 Å². The van der Waals surface area contributed by atoms with Gasteiger partial charge in [0.1, 0.15) is 5.60 Å². The Morgan fingerprint density at radius 2 is 1.91 bits per heavy atom. The van der Waals surface area contributed by atoms with E-state index in [4.69, 9.17) is 10.5 Å². The van der Waals surface area contributed by atoms with Crippen molar-refractivity contribution >= 4 is 6.09 Å². The Balaban J connectivity index is 2.48. The van der Waals surface area contributed by atoms with Gasteiger partial charge in [-0.15, -0.1) is 13.2 Å². The molecule has 0 bridgehead atoms. The third-order valence-corrected chi connectivity index (χ3v) is 3.17. The molecule has 0 saturated carbocycles. The number of carbonyl (C=O) groups excluding carboxylic acids is 1. The molecule has 1 aliphatic rings. The lowest BCUT2D eigenvalue weighted by molar-refractivity contribution is -0.325. The Kier molecular flexibility index (Phi) is 6.45. The summed E-state index contributed by atoms with van der Waals surface area (Å²) in [6, 6.07) is -0.210. The van der Waals surface area contributed by atoms with Crippen molar-refractivity contribution in [2.75, 3.05) is 39.3 Å². The summed E-state index contributed by atoms with van der Waals surface area (Å²) in [6.45, 7) is 6.38. The molecule has 2 N–H and O–H groups in total. The van der Waals surface area contributed by atoms with Gasteiger partial charge >= 0.3 is 12.5 Å². The van der Waals surface area contributed by atoms with Crippen LogP contribution in [-0.2, 0) is 9.47 Å². The first kappa shape index (κ1) is 19.0. The molecule has 0 aromatic rings. The normalized spacial score (nSPS) is 21.0. The van der Waals surface area contributed by atoms with Gasteiger partial charge in [-0.2, -0.15) is 0 Å². The minimum absolute atomic E-state index is 0.115. The first-order valence-electron chi connectivity index (χ1n) is 7.14. The number of carbonyl (C=O) groups is 1. The zero-order valence-electron chi connectivity index (χ0n) is 13.2. The molecule has 1 atom stereocenters. The van der Waals surface area contributed by atoms with Crippen LogP contribution >= 0.6 is 0 Å². The van der Waals surface area contributed by atoms with E-state index in [0.29, 0.717) is 19.6 Å². The smallest absolute Gasteiger partial charge is 0.444 e. The van der Waals surface area contributed by atoms with E-state index in [2.05, 4.69) is 4.74 Å². The van der Waals surface area contributed by atoms with E-state index in [-0.39, 0.29) is 19.1 Å². The SMILES string of the molecule is CC(C)(C)OC(=O)N1CCN(CCOC(F)(F)F)C(CN)C1. The van der Waals surface area contributed by atoms with Crippen LogP contribution < -0.4 is 5.73 Å². The lowest BCUT2D eigenvalue weighted by atomic mass is 10.1. The third kappa shape index (κ3) is 6.80. The molecule has 1 rings (SSSR count). The summed E-state index contributed by atoms with van der Waals surface area (Å²) in [5.41, 5.74) is 5.07. The van der Waals surface area contributed by atoms with Crippen LogP contribution in [0.1, 0.15) is 20.8 Å². The fourth-order valence-corrected chi connectivity index (χ4v) is 2.18. The molecule has 1 heterocycles. The number of hydrogen-bond acceptors (Lipinski definition) is 5. The summed E-state index contributed by atoms with van der Waals surface area (Å²) in [4.78, 5) is 15.3. The van der Waals surface area contributed by atoms with Gasteiger partial charge in [0, 0.05) is 38.8 Å². The molecule has 9 heteroatoms. The average Bonchev–Trinajstić information content (AvgIpc) is 2.35. The lowest BCUT2D eigenvalue weighted by Gasteiger charge is -2.41. The largest absolute Gasteiger partial charge is 0.522 e. The predicted octanol–water partition coefficient (Wildman–Crippen LogP) is 1.40. The monoisotopic (exact) mass is 327 g/mol. The summed E-state index contributed by atoms with van der Waals surface area (Å²) in [5, 5.41) is 0. The topological polar surface area (TPSA) is 68.0 Å². The number of nitrogens with zero attached hydrogens (tertiary/aromatic N) is 2. The van der Waals surface area contributed by atoms with E-state index >= 15 is 0 Å². The van der Waals surface area contributed by atoms with E-state index in [1.54, 1.807) is 25.7 Å². The zero-order valence-corrected chi connectivity index (χ0v) is 13.2. The fourth-order valence-electron chi connectivity index (χ4n) is 2.18. The van der Waals surface area contributed by atoms with Crippen LogP contribution in [0.3, 0.4) is 0 Å². The summed E-state index contributed by atoms with van der Waals surface area (Å²) in [6.07, 6.45) is -5.06. The Morgan fingerprint density at radius 1 is 1.27 bits per heavy atom. The summed E-state index contributed by atoms with van der Waals surface area (Å²) < 4.78 is 45.0. The summed E-state index contributed by atoms with van der Waals surface area (Å²) >= 11 is 0. The first-order valence-corrected chi connectivity index (χ1v) is 7.14. The highest BCUT2D eigenvalue weighted by Gasteiger charge is 2.33. The van der Waals surface area contributed by atoms with Crippen molar-refractivity contribution in [3.63, 3.8) is 0 Å². The first-order chi connectivity index (χ1) is 10.0. The molecule has 0 aromatic carbocycles. The molecule has 1 saturated heterocycles. The number of halogens is 3. The van der Waals surface area contributed by atoms with Crippen molar-refractivity contribution in [3.8, 4) is 0 Å². The number of rotatable bonds is 4. The van der Waals surface area contributed by atoms with Crippen molar-refractivity contribution in [2.45, 2.75) is 38.8 Å². The van der Waals surface area contributed by atoms with Gasteiger partial charge in [-0.1, -0.05) is 0 Å². The molecule has 130 valence electrons. The second-order valence-electron chi connectivity index (χ2n) is 6.15. The van der Waals surface area contributed by atoms with Gasteiger partial charge in [-0.25, -0.2) is 4.79 Å². The molecule has 22 heavy (non-hydrogen) atoms. The molecule has 1 fully saturated rings. The summed E-state index contributed by atoms with van der Waals surface area (Å²) in [5.74, 6) is 0. The van der Waals surface area contributed by atoms with Crippen molar-refractivity contribution in [1.82, 2.24) is 9.80 Å². The van der Waals surface area contributed by atoms with Crippen molar-refractivity contribution in [1.29, 1.82) is 0 Å². The molecule has 0 aromatic heterocycles. The van der Waals surface area contributed by atoms with Crippen molar-refractivity contribution in [2.24, 2.45) is 5.73 Å². The molecule has 0 aliphatic carbocycles. The van der Waals surface area contributed by atoms with Gasteiger partial charge in [0.05, 0.1) is 6.61 Å². The van der Waals surface area contributed by atoms with Gasteiger partial charge in [-0.05, 0) is 20.8 Å². The van der Waals surface area contributed by atoms with E-state index in [9.17, 15) is 18.0 Å². The highest BCUT2D eigenvalue weighted by Crippen LogP contribution is 2.17. The van der Waals surface area contributed by atoms with Gasteiger partial charge in [0.2, 0.25) is 0 Å². The molecule has 1 amide bonds. The van der Waals surface area contributed by atoms with E-state index < -0.39 is 24.7 Å². The quantitative estimate of drug-likeness (QED) is 0.845. The standard InChI is InChI=1S/C13H24F3N3O3/c1-12(2,3)22-11(20)19-5-4-18(10(8-17)9-19)6-7-21-13(14,15)16/h10H,4-9,17H2,1-3H3. The summed E-state index contributed by atoms with van der Waals surface area (Å²) in [7, 11) is 0. The number of nitrogens with two attached hydrogens (primary N) is 1. The minimum Gasteiger partial charge on any atom is -0.444 e. The predicted molar refractivity (Wildman–Crippen MR) is 74.2 cm³/mol. The van der Waals surface area contributed by atoms with Crippen molar-refractivity contribution in [3.05, 3.63) is 0 Å². The van der Waals surface area contributed by atoms with Crippen LogP contribution in [0.25, 0.3) is 0 Å². The number of alkyl halides is 3. The highest BCUT2D eigenvalue weighted by molar-refractivity contribution is 5.68. The van der Waals surface area contributed by atoms with Crippen LogP contribution in [0.15, 0.2) is 0 Å². The lowest BCUT2D eigenvalue weighted by Crippen LogP contribution is -2.58. The number of amides is 1. The van der Waals surface area contributed by atoms with E-state index in [0.717, 1.165) is 0 Å². The van der Waals surface area contributed by atoms with Crippen LogP contribution in [0.5, 0.6) is 0 Å². The second kappa shape index (κ2) is 7.47. The molecular formula is C13H24F3N3O3. The maximum Gasteiger partial charge on any atom is 0.522 e. The Labute approximate surface area is 128 Å². The minimum atomic E-state index is -4.63. The van der Waals surface area contributed by atoms with Gasteiger partial charge in [0.25, 0.3) is 0 Å². The Morgan fingerprint density at radius 3 is 2.41 bits per heavy atom. The van der Waals surface area contributed by atoms with Crippen LogP contribution in [0, 0.1) is 0 Å². The molecule has 1 aliphatic heterocycles. The van der Waals surface area contributed by atoms with Crippen LogP contribution in [0.4, 0.5) is 18.0 Å².